The van der Waals surface area contributed by atoms with E-state index in [1.807, 2.05) is 18.2 Å². The Bertz CT molecular complexity index is 308. The van der Waals surface area contributed by atoms with Crippen molar-refractivity contribution in [3.63, 3.8) is 0 Å². The van der Waals surface area contributed by atoms with Crippen molar-refractivity contribution in [3.05, 3.63) is 29.8 Å². The first kappa shape index (κ1) is 13.0. The van der Waals surface area contributed by atoms with Gasteiger partial charge in [0.15, 0.2) is 0 Å². The molecule has 0 spiro atoms. The first-order valence-electron chi connectivity index (χ1n) is 5.94. The maximum Gasteiger partial charge on any atom is 0.122 e. The summed E-state index contributed by atoms with van der Waals surface area (Å²) < 4.78 is 5.34. The van der Waals surface area contributed by atoms with Crippen LogP contribution < -0.4 is 4.74 Å². The molecule has 0 aliphatic rings. The van der Waals surface area contributed by atoms with Crippen LogP contribution in [0.25, 0.3) is 0 Å². The van der Waals surface area contributed by atoms with E-state index in [9.17, 15) is 5.11 Å². The molecule has 0 fully saturated rings. The lowest BCUT2D eigenvalue weighted by Crippen LogP contribution is -2.26. The fourth-order valence-electron chi connectivity index (χ4n) is 2.03. The van der Waals surface area contributed by atoms with Gasteiger partial charge >= 0.3 is 0 Å². The van der Waals surface area contributed by atoms with E-state index in [4.69, 9.17) is 4.74 Å². The number of hydrogen-bond donors (Lipinski definition) is 1. The molecule has 1 aromatic carbocycles. The average molecular weight is 222 g/mol. The molecule has 2 nitrogen and oxygen atoms in total. The molecule has 0 unspecified atom stereocenters. The summed E-state index contributed by atoms with van der Waals surface area (Å²) in [7, 11) is 1.69. The molecule has 1 N–H and O–H groups in total. The Balaban J connectivity index is 2.93. The number of hydrogen-bond acceptors (Lipinski definition) is 2. The van der Waals surface area contributed by atoms with Gasteiger partial charge in [0.05, 0.1) is 7.11 Å². The highest BCUT2D eigenvalue weighted by atomic mass is 16.5. The quantitative estimate of drug-likeness (QED) is 0.801. The number of ether oxygens (including phenoxy) is 1. The first-order chi connectivity index (χ1) is 7.71. The van der Waals surface area contributed by atoms with Gasteiger partial charge in [0, 0.05) is 6.61 Å². The maximum atomic E-state index is 9.56. The van der Waals surface area contributed by atoms with E-state index in [0.29, 0.717) is 0 Å². The van der Waals surface area contributed by atoms with Crippen molar-refractivity contribution in [2.75, 3.05) is 13.7 Å². The fourth-order valence-corrected chi connectivity index (χ4v) is 2.03. The molecule has 0 radical (unpaired) electrons. The molecular weight excluding hydrogens is 200 g/mol. The van der Waals surface area contributed by atoms with Gasteiger partial charge < -0.3 is 9.84 Å². The predicted octanol–water partition coefficient (Wildman–Crippen LogP) is 3.04. The van der Waals surface area contributed by atoms with E-state index in [-0.39, 0.29) is 12.0 Å². The summed E-state index contributed by atoms with van der Waals surface area (Å²) in [5.74, 6) is 0.919. The highest BCUT2D eigenvalue weighted by molar-refractivity contribution is 5.34. The summed E-state index contributed by atoms with van der Waals surface area (Å²) in [4.78, 5) is 0. The van der Waals surface area contributed by atoms with Crippen LogP contribution in [0.2, 0.25) is 0 Å². The third-order valence-corrected chi connectivity index (χ3v) is 3.59. The highest BCUT2D eigenvalue weighted by Gasteiger charge is 2.26. The molecule has 16 heavy (non-hydrogen) atoms. The molecule has 90 valence electrons. The molecule has 0 aliphatic heterocycles. The van der Waals surface area contributed by atoms with Crippen LogP contribution >= 0.6 is 0 Å². The summed E-state index contributed by atoms with van der Waals surface area (Å²) in [6.45, 7) is 4.50. The summed E-state index contributed by atoms with van der Waals surface area (Å²) >= 11 is 0. The molecule has 0 heterocycles. The number of aliphatic hydroxyl groups excluding tert-OH is 1. The van der Waals surface area contributed by atoms with Gasteiger partial charge in [-0.25, -0.2) is 0 Å². The molecule has 0 amide bonds. The van der Waals surface area contributed by atoms with Crippen LogP contribution in [-0.2, 0) is 6.42 Å². The van der Waals surface area contributed by atoms with Crippen molar-refractivity contribution >= 4 is 0 Å². The fraction of sp³-hybridized carbons (Fsp3) is 0.571. The zero-order valence-electron chi connectivity index (χ0n) is 10.5. The number of benzene rings is 1. The van der Waals surface area contributed by atoms with Crippen molar-refractivity contribution in [2.45, 2.75) is 33.1 Å². The van der Waals surface area contributed by atoms with Crippen molar-refractivity contribution in [1.29, 1.82) is 0 Å². The summed E-state index contributed by atoms with van der Waals surface area (Å²) in [6.07, 6.45) is 2.84. The molecule has 0 saturated heterocycles. The number of para-hydroxylation sites is 1. The third-order valence-electron chi connectivity index (χ3n) is 3.59. The van der Waals surface area contributed by atoms with Crippen molar-refractivity contribution < 1.29 is 9.84 Å². The second-order valence-corrected chi connectivity index (χ2v) is 4.35. The number of aliphatic hydroxyl groups is 1. The third kappa shape index (κ3) is 2.76. The monoisotopic (exact) mass is 222 g/mol. The van der Waals surface area contributed by atoms with E-state index in [1.165, 1.54) is 5.56 Å². The molecule has 0 saturated carbocycles. The van der Waals surface area contributed by atoms with Crippen LogP contribution in [0.1, 0.15) is 32.3 Å². The van der Waals surface area contributed by atoms with Gasteiger partial charge in [0.2, 0.25) is 0 Å². The molecule has 1 aromatic rings. The minimum atomic E-state index is -0.00532. The van der Waals surface area contributed by atoms with Gasteiger partial charge in [0.1, 0.15) is 5.75 Å². The van der Waals surface area contributed by atoms with E-state index in [2.05, 4.69) is 19.9 Å². The van der Waals surface area contributed by atoms with Crippen molar-refractivity contribution in [1.82, 2.24) is 0 Å². The van der Waals surface area contributed by atoms with E-state index >= 15 is 0 Å². The Morgan fingerprint density at radius 3 is 2.31 bits per heavy atom. The second kappa shape index (κ2) is 5.90. The van der Waals surface area contributed by atoms with Crippen molar-refractivity contribution in [3.8, 4) is 5.75 Å². The van der Waals surface area contributed by atoms with Crippen LogP contribution in [0.4, 0.5) is 0 Å². The molecular formula is C14H22O2. The lowest BCUT2D eigenvalue weighted by molar-refractivity contribution is 0.114. The van der Waals surface area contributed by atoms with Gasteiger partial charge in [-0.1, -0.05) is 32.0 Å². The predicted molar refractivity (Wildman–Crippen MR) is 66.8 cm³/mol. The Labute approximate surface area is 98.3 Å². The molecule has 0 aliphatic carbocycles. The summed E-state index contributed by atoms with van der Waals surface area (Å²) in [6, 6.07) is 8.05. The largest absolute Gasteiger partial charge is 0.496 e. The van der Waals surface area contributed by atoms with E-state index < -0.39 is 0 Å². The molecule has 0 aromatic heterocycles. The molecule has 2 heteroatoms. The zero-order valence-corrected chi connectivity index (χ0v) is 10.5. The zero-order chi connectivity index (χ0) is 12.0. The summed E-state index contributed by atoms with van der Waals surface area (Å²) in [5.41, 5.74) is 1.18. The molecule has 0 bridgehead atoms. The van der Waals surface area contributed by atoms with Gasteiger partial charge in [-0.15, -0.1) is 0 Å². The molecule has 1 rings (SSSR count). The SMILES string of the molecule is CCC(CC)(CO)Cc1ccccc1OC. The average Bonchev–Trinajstić information content (AvgIpc) is 2.36. The second-order valence-electron chi connectivity index (χ2n) is 4.35. The topological polar surface area (TPSA) is 29.5 Å². The van der Waals surface area contributed by atoms with Crippen LogP contribution in [0.5, 0.6) is 5.75 Å². The lowest BCUT2D eigenvalue weighted by Gasteiger charge is -2.30. The lowest BCUT2D eigenvalue weighted by atomic mass is 9.77. The standard InChI is InChI=1S/C14H22O2/c1-4-14(5-2,11-15)10-12-8-6-7-9-13(12)16-3/h6-9,15H,4-5,10-11H2,1-3H3. The normalized spacial score (nSPS) is 11.5. The van der Waals surface area contributed by atoms with Crippen LogP contribution in [-0.4, -0.2) is 18.8 Å². The summed E-state index contributed by atoms with van der Waals surface area (Å²) in [5, 5.41) is 9.56. The smallest absolute Gasteiger partial charge is 0.122 e. The number of rotatable bonds is 6. The first-order valence-corrected chi connectivity index (χ1v) is 5.94. The molecule has 0 atom stereocenters. The minimum absolute atomic E-state index is 0.00532. The van der Waals surface area contributed by atoms with Gasteiger partial charge in [0.25, 0.3) is 0 Å². The van der Waals surface area contributed by atoms with Gasteiger partial charge in [-0.05, 0) is 36.3 Å². The van der Waals surface area contributed by atoms with Crippen LogP contribution in [0.15, 0.2) is 24.3 Å². The Hall–Kier alpha value is -1.02. The van der Waals surface area contributed by atoms with Gasteiger partial charge in [-0.3, -0.25) is 0 Å². The van der Waals surface area contributed by atoms with E-state index in [1.54, 1.807) is 7.11 Å². The minimum Gasteiger partial charge on any atom is -0.496 e. The number of methoxy groups -OCH3 is 1. The van der Waals surface area contributed by atoms with Gasteiger partial charge in [-0.2, -0.15) is 0 Å². The van der Waals surface area contributed by atoms with Crippen molar-refractivity contribution in [2.24, 2.45) is 5.41 Å². The Morgan fingerprint density at radius 1 is 1.19 bits per heavy atom. The van der Waals surface area contributed by atoms with E-state index in [0.717, 1.165) is 25.0 Å². The maximum absolute atomic E-state index is 9.56. The Morgan fingerprint density at radius 2 is 1.81 bits per heavy atom. The highest BCUT2D eigenvalue weighted by Crippen LogP contribution is 2.33. The van der Waals surface area contributed by atoms with Crippen LogP contribution in [0, 0.1) is 5.41 Å². The Kier molecular flexibility index (Phi) is 4.81. The van der Waals surface area contributed by atoms with Crippen LogP contribution in [0.3, 0.4) is 0 Å².